The molecule has 1 aliphatic carbocycles. The van der Waals surface area contributed by atoms with E-state index in [9.17, 15) is 19.2 Å². The predicted octanol–water partition coefficient (Wildman–Crippen LogP) is 1.21. The molecule has 0 spiro atoms. The Bertz CT molecular complexity index is 1780. The maximum absolute atomic E-state index is 13.4. The Morgan fingerprint density at radius 2 is 0.769 bits per heavy atom. The van der Waals surface area contributed by atoms with E-state index in [0.717, 1.165) is 0 Å². The first-order valence-corrected chi connectivity index (χ1v) is 17.0. The van der Waals surface area contributed by atoms with Gasteiger partial charge in [-0.05, 0) is 36.4 Å². The van der Waals surface area contributed by atoms with E-state index in [-0.39, 0.29) is 99.3 Å². The lowest BCUT2D eigenvalue weighted by atomic mass is 9.73. The second-order valence-electron chi connectivity index (χ2n) is 13.1. The molecule has 9 rings (SSSR count). The minimum atomic E-state index is -0.437. The van der Waals surface area contributed by atoms with Crippen LogP contribution in [0.1, 0.15) is 52.6 Å². The Hall–Kier alpha value is -5.42. The summed E-state index contributed by atoms with van der Waals surface area (Å²) in [7, 11) is 0. The highest BCUT2D eigenvalue weighted by atomic mass is 16.7. The topological polar surface area (TPSA) is 190 Å². The molecule has 3 aromatic carbocycles. The molecule has 52 heavy (non-hydrogen) atoms. The number of rotatable bonds is 0. The van der Waals surface area contributed by atoms with Crippen molar-refractivity contribution >= 4 is 23.6 Å². The molecule has 6 atom stereocenters. The fourth-order valence-corrected chi connectivity index (χ4v) is 7.83. The summed E-state index contributed by atoms with van der Waals surface area (Å²) in [6.45, 7) is 0.278. The Kier molecular flexibility index (Phi) is 8.30. The van der Waals surface area contributed by atoms with Crippen LogP contribution in [0, 0.1) is 11.8 Å². The zero-order valence-corrected chi connectivity index (χ0v) is 27.6. The van der Waals surface area contributed by atoms with Gasteiger partial charge in [0.25, 0.3) is 23.6 Å². The van der Waals surface area contributed by atoms with Crippen molar-refractivity contribution < 1.29 is 57.1 Å². The Balaban J connectivity index is 1.05. The number of carbonyl (C=O) groups excluding carboxylic acids is 4. The van der Waals surface area contributed by atoms with E-state index in [1.807, 2.05) is 0 Å². The molecule has 1 saturated carbocycles. The molecule has 3 fully saturated rings. The van der Waals surface area contributed by atoms with Crippen molar-refractivity contribution in [2.45, 2.75) is 37.5 Å². The molecule has 5 heterocycles. The predicted molar refractivity (Wildman–Crippen MR) is 175 cm³/mol. The van der Waals surface area contributed by atoms with Crippen molar-refractivity contribution in [2.24, 2.45) is 11.8 Å². The third-order valence-electron chi connectivity index (χ3n) is 10.3. The van der Waals surface area contributed by atoms with Gasteiger partial charge in [0.05, 0.1) is 48.6 Å². The smallest absolute Gasteiger partial charge is 0.251 e. The second-order valence-corrected chi connectivity index (χ2v) is 13.1. The Labute approximate surface area is 296 Å². The normalized spacial score (nSPS) is 28.1. The quantitative estimate of drug-likeness (QED) is 0.261. The molecule has 8 bridgehead atoms. The van der Waals surface area contributed by atoms with Crippen LogP contribution in [0.5, 0.6) is 23.0 Å². The molecule has 4 N–H and O–H groups in total. The molecular weight excluding hydrogens is 680 g/mol. The molecular formula is C36H34N4O12. The molecule has 6 aliphatic rings. The van der Waals surface area contributed by atoms with Gasteiger partial charge in [0.15, 0.2) is 23.0 Å². The summed E-state index contributed by atoms with van der Waals surface area (Å²) in [5.41, 5.74) is 2.11. The molecule has 270 valence electrons. The summed E-state index contributed by atoms with van der Waals surface area (Å²) in [6.07, 6.45) is -1.75. The third-order valence-corrected chi connectivity index (χ3v) is 10.3. The van der Waals surface area contributed by atoms with Gasteiger partial charge in [0.2, 0.25) is 13.6 Å². The van der Waals surface area contributed by atoms with Crippen molar-refractivity contribution in [1.29, 1.82) is 0 Å². The average molecular weight is 715 g/mol. The van der Waals surface area contributed by atoms with Crippen LogP contribution in [0.25, 0.3) is 0 Å². The van der Waals surface area contributed by atoms with Gasteiger partial charge in [-0.3, -0.25) is 19.2 Å². The van der Waals surface area contributed by atoms with Crippen molar-refractivity contribution in [2.75, 3.05) is 40.3 Å². The number of carbonyl (C=O) groups is 4. The average Bonchev–Trinajstić information content (AvgIpc) is 4.01. The van der Waals surface area contributed by atoms with Crippen molar-refractivity contribution in [3.8, 4) is 23.0 Å². The van der Waals surface area contributed by atoms with E-state index in [1.165, 1.54) is 12.1 Å². The van der Waals surface area contributed by atoms with Crippen LogP contribution >= 0.6 is 0 Å². The summed E-state index contributed by atoms with van der Waals surface area (Å²) in [4.78, 5) is 53.7. The molecule has 4 amide bonds. The van der Waals surface area contributed by atoms with Gasteiger partial charge in [-0.25, -0.2) is 0 Å². The zero-order chi connectivity index (χ0) is 35.3. The minimum Gasteiger partial charge on any atom is -0.453 e. The van der Waals surface area contributed by atoms with Gasteiger partial charge in [0, 0.05) is 47.2 Å². The van der Waals surface area contributed by atoms with Gasteiger partial charge in [-0.1, -0.05) is 12.1 Å². The van der Waals surface area contributed by atoms with Crippen LogP contribution in [0.4, 0.5) is 0 Å². The maximum atomic E-state index is 13.4. The van der Waals surface area contributed by atoms with E-state index in [0.29, 0.717) is 34.1 Å². The number of amides is 4. The highest BCUT2D eigenvalue weighted by Crippen LogP contribution is 2.52. The minimum absolute atomic E-state index is 0.00787. The van der Waals surface area contributed by atoms with Crippen molar-refractivity contribution in [3.63, 3.8) is 0 Å². The number of hydrogen-bond donors (Lipinski definition) is 4. The highest BCUT2D eigenvalue weighted by Gasteiger charge is 2.57. The molecule has 16 nitrogen and oxygen atoms in total. The van der Waals surface area contributed by atoms with Crippen LogP contribution < -0.4 is 40.2 Å². The van der Waals surface area contributed by atoms with Gasteiger partial charge in [-0.15, -0.1) is 0 Å². The van der Waals surface area contributed by atoms with E-state index in [1.54, 1.807) is 36.4 Å². The van der Waals surface area contributed by atoms with E-state index in [2.05, 4.69) is 21.3 Å². The van der Waals surface area contributed by atoms with Gasteiger partial charge in [0.1, 0.15) is 13.6 Å². The summed E-state index contributed by atoms with van der Waals surface area (Å²) >= 11 is 0. The lowest BCUT2D eigenvalue weighted by molar-refractivity contribution is -0.0824. The SMILES string of the molecule is O=C1NCc2c3c(c(c4c2OCO4)CNC(=O)c2cccc(c2)C(=O)NCC2[C@H]4OCO[C@H]4C(CNC(=O)c4cccc1c4)[C@H]1OCO[C@@H]21)OCO3. The van der Waals surface area contributed by atoms with Crippen LogP contribution in [0.2, 0.25) is 0 Å². The largest absolute Gasteiger partial charge is 0.453 e. The monoisotopic (exact) mass is 714 g/mol. The Morgan fingerprint density at radius 1 is 0.442 bits per heavy atom. The summed E-state index contributed by atoms with van der Waals surface area (Å²) in [6, 6.07) is 12.8. The standard InChI is InChI=1S/C36H34N4O12/c41-33-17-3-1-4-18(7-17)34(42)38-10-22-27-31(51-15-47-27)24(32-28(22)48-16-52-32)12-40-36(44)20-6-2-5-19(8-20)35(43)39-11-23-29-25(45-13-49-29)21(9-37-33)26-30(23)50-14-46-26/h1-8,21,23,25-26,29-30H,9-16H2,(H,37,41)(H,38,42)(H,39,43)(H,40,44)/t21?,23?,25-,26+,29+,30-. The molecule has 0 aromatic heterocycles. The summed E-state index contributed by atoms with van der Waals surface area (Å²) in [5.74, 6) is -0.836. The maximum Gasteiger partial charge on any atom is 0.251 e. The lowest BCUT2D eigenvalue weighted by Gasteiger charge is -2.43. The number of nitrogens with one attached hydrogen (secondary N) is 4. The number of fused-ring (bicyclic) bond motifs is 10. The fourth-order valence-electron chi connectivity index (χ4n) is 7.83. The third kappa shape index (κ3) is 5.63. The first-order valence-electron chi connectivity index (χ1n) is 17.0. The van der Waals surface area contributed by atoms with Gasteiger partial charge < -0.3 is 59.2 Å². The number of benzene rings is 3. The first kappa shape index (κ1) is 32.5. The van der Waals surface area contributed by atoms with Crippen molar-refractivity contribution in [3.05, 3.63) is 81.9 Å². The molecule has 5 aliphatic heterocycles. The summed E-state index contributed by atoms with van der Waals surface area (Å²) < 4.78 is 47.3. The lowest BCUT2D eigenvalue weighted by Crippen LogP contribution is -2.60. The van der Waals surface area contributed by atoms with Crippen molar-refractivity contribution in [1.82, 2.24) is 21.3 Å². The van der Waals surface area contributed by atoms with E-state index < -0.39 is 36.2 Å². The number of hydrogen-bond acceptors (Lipinski definition) is 12. The Morgan fingerprint density at radius 3 is 1.12 bits per heavy atom. The van der Waals surface area contributed by atoms with E-state index >= 15 is 0 Å². The molecule has 16 heteroatoms. The van der Waals surface area contributed by atoms with Crippen LogP contribution in [-0.2, 0) is 32.0 Å². The van der Waals surface area contributed by atoms with E-state index in [4.69, 9.17) is 37.9 Å². The number of ether oxygens (including phenoxy) is 8. The fraction of sp³-hybridized carbons (Fsp3) is 0.389. The van der Waals surface area contributed by atoms with Gasteiger partial charge >= 0.3 is 0 Å². The van der Waals surface area contributed by atoms with Gasteiger partial charge in [-0.2, -0.15) is 0 Å². The van der Waals surface area contributed by atoms with Crippen LogP contribution in [-0.4, -0.2) is 88.3 Å². The first-order chi connectivity index (χ1) is 25.4. The van der Waals surface area contributed by atoms with Crippen LogP contribution in [0.15, 0.2) is 48.5 Å². The molecule has 2 unspecified atom stereocenters. The molecule has 0 radical (unpaired) electrons. The highest BCUT2D eigenvalue weighted by molar-refractivity contribution is 6.00. The molecule has 3 aromatic rings. The zero-order valence-electron chi connectivity index (χ0n) is 27.6. The second kappa shape index (κ2) is 13.3. The molecule has 2 saturated heterocycles. The summed E-state index contributed by atoms with van der Waals surface area (Å²) in [5, 5.41) is 11.7. The van der Waals surface area contributed by atoms with Crippen LogP contribution in [0.3, 0.4) is 0 Å².